The Morgan fingerprint density at radius 3 is 2.83 bits per heavy atom. The Morgan fingerprint density at radius 1 is 1.19 bits per heavy atom. The number of nitrogens with two attached hydrogens (primary N) is 1. The number of hydrogen-bond donors (Lipinski definition) is 1. The number of piperidine rings is 1. The molecule has 1 fully saturated rings. The molecular weight excluding hydrogens is 467 g/mol. The van der Waals surface area contributed by atoms with Gasteiger partial charge in [0.25, 0.3) is 0 Å². The van der Waals surface area contributed by atoms with Crippen molar-refractivity contribution in [2.45, 2.75) is 31.9 Å². The summed E-state index contributed by atoms with van der Waals surface area (Å²) < 4.78 is 41.6. The number of imidazole rings is 1. The monoisotopic (exact) mass is 493 g/mol. The van der Waals surface area contributed by atoms with E-state index < -0.39 is 11.7 Å². The van der Waals surface area contributed by atoms with Gasteiger partial charge in [-0.15, -0.1) is 5.92 Å². The Balaban J connectivity index is 1.53. The maximum Gasteiger partial charge on any atom is 0.416 e. The lowest BCUT2D eigenvalue weighted by atomic mass is 9.94. The molecule has 7 nitrogen and oxygen atoms in total. The van der Waals surface area contributed by atoms with E-state index in [1.54, 1.807) is 17.3 Å². The Labute approximate surface area is 207 Å². The standard InChI is InChI=1S/C26H26F3N7/c1-2-3-12-34-13-4-6-18(16-34)23-21-9-11-32-25(30)36(21)24(33-23)19-7-5-14-35(17-19)22-15-20(8-10-31-22)26(27,28)29/h5,7-11,15,17-18H,4,6,12-14,16H2,1H3,(H2,30,32). The third kappa shape index (κ3) is 4.66. The zero-order chi connectivity index (χ0) is 25.3. The molecule has 5 rings (SSSR count). The lowest BCUT2D eigenvalue weighted by Gasteiger charge is -2.30. The molecule has 0 saturated carbocycles. The van der Waals surface area contributed by atoms with Crippen LogP contribution in [0.2, 0.25) is 0 Å². The number of nitrogens with zero attached hydrogens (tertiary/aromatic N) is 6. The fourth-order valence-corrected chi connectivity index (χ4v) is 4.79. The topological polar surface area (TPSA) is 75.6 Å². The molecule has 2 N–H and O–H groups in total. The minimum atomic E-state index is -4.44. The summed E-state index contributed by atoms with van der Waals surface area (Å²) in [5, 5.41) is 0. The molecule has 0 spiro atoms. The van der Waals surface area contributed by atoms with Gasteiger partial charge in [0.1, 0.15) is 11.6 Å². The van der Waals surface area contributed by atoms with Crippen LogP contribution in [0.25, 0.3) is 11.1 Å². The quantitative estimate of drug-likeness (QED) is 0.545. The van der Waals surface area contributed by atoms with Gasteiger partial charge in [-0.3, -0.25) is 9.30 Å². The van der Waals surface area contributed by atoms with Crippen LogP contribution in [-0.2, 0) is 6.18 Å². The first kappa shape index (κ1) is 23.9. The number of halogens is 3. The first-order valence-corrected chi connectivity index (χ1v) is 11.8. The van der Waals surface area contributed by atoms with Crippen molar-refractivity contribution < 1.29 is 13.2 Å². The molecule has 3 aromatic heterocycles. The number of nitrogen functional groups attached to an aromatic ring is 1. The van der Waals surface area contributed by atoms with Crippen molar-refractivity contribution >= 4 is 22.9 Å². The van der Waals surface area contributed by atoms with Crippen molar-refractivity contribution in [1.29, 1.82) is 0 Å². The predicted molar refractivity (Wildman–Crippen MR) is 133 cm³/mol. The van der Waals surface area contributed by atoms with Gasteiger partial charge >= 0.3 is 6.18 Å². The Hall–Kier alpha value is -3.84. The van der Waals surface area contributed by atoms with Gasteiger partial charge in [-0.2, -0.15) is 13.2 Å². The first-order chi connectivity index (χ1) is 17.3. The molecule has 5 heterocycles. The van der Waals surface area contributed by atoms with Crippen molar-refractivity contribution in [3.05, 3.63) is 66.0 Å². The highest BCUT2D eigenvalue weighted by atomic mass is 19.4. The van der Waals surface area contributed by atoms with Crippen molar-refractivity contribution in [1.82, 2.24) is 24.3 Å². The number of hydrogen-bond acceptors (Lipinski definition) is 6. The zero-order valence-corrected chi connectivity index (χ0v) is 19.8. The number of alkyl halides is 3. The molecule has 1 saturated heterocycles. The third-order valence-electron chi connectivity index (χ3n) is 6.50. The molecule has 2 aliphatic heterocycles. The summed E-state index contributed by atoms with van der Waals surface area (Å²) in [5.74, 6) is 7.42. The van der Waals surface area contributed by atoms with E-state index in [2.05, 4.69) is 26.7 Å². The molecule has 2 aliphatic rings. The minimum Gasteiger partial charge on any atom is -0.369 e. The predicted octanol–water partition coefficient (Wildman–Crippen LogP) is 4.35. The van der Waals surface area contributed by atoms with E-state index >= 15 is 0 Å². The van der Waals surface area contributed by atoms with E-state index in [4.69, 9.17) is 10.7 Å². The van der Waals surface area contributed by atoms with Crippen LogP contribution in [0.5, 0.6) is 0 Å². The number of rotatable bonds is 4. The van der Waals surface area contributed by atoms with Gasteiger partial charge in [-0.05, 0) is 44.5 Å². The van der Waals surface area contributed by atoms with E-state index in [1.165, 1.54) is 6.20 Å². The van der Waals surface area contributed by atoms with Crippen molar-refractivity contribution in [3.8, 4) is 11.8 Å². The summed E-state index contributed by atoms with van der Waals surface area (Å²) in [4.78, 5) is 17.5. The summed E-state index contributed by atoms with van der Waals surface area (Å²) in [6.07, 6.45) is 5.98. The van der Waals surface area contributed by atoms with Crippen LogP contribution in [-0.4, -0.2) is 50.4 Å². The normalized spacial score (nSPS) is 18.7. The summed E-state index contributed by atoms with van der Waals surface area (Å²) in [7, 11) is 0. The van der Waals surface area contributed by atoms with Gasteiger partial charge in [0.2, 0.25) is 5.95 Å². The lowest BCUT2D eigenvalue weighted by molar-refractivity contribution is -0.137. The Morgan fingerprint density at radius 2 is 2.03 bits per heavy atom. The molecule has 3 aromatic rings. The van der Waals surface area contributed by atoms with Crippen LogP contribution in [0.1, 0.15) is 42.8 Å². The maximum atomic E-state index is 13.3. The molecular formula is C26H26F3N7. The van der Waals surface area contributed by atoms with Crippen LogP contribution in [0, 0.1) is 11.8 Å². The summed E-state index contributed by atoms with van der Waals surface area (Å²) >= 11 is 0. The van der Waals surface area contributed by atoms with Crippen LogP contribution in [0.15, 0.2) is 48.9 Å². The number of fused-ring (bicyclic) bond motifs is 1. The van der Waals surface area contributed by atoms with Crippen molar-refractivity contribution in [3.63, 3.8) is 0 Å². The number of likely N-dealkylation sites (tertiary alicyclic amines) is 1. The Bertz CT molecular complexity index is 1390. The summed E-state index contributed by atoms with van der Waals surface area (Å²) in [5.41, 5.74) is 8.09. The molecule has 36 heavy (non-hydrogen) atoms. The van der Waals surface area contributed by atoms with Gasteiger partial charge in [-0.1, -0.05) is 18.1 Å². The van der Waals surface area contributed by atoms with E-state index in [0.29, 0.717) is 23.9 Å². The Kier molecular flexibility index (Phi) is 6.41. The third-order valence-corrected chi connectivity index (χ3v) is 6.50. The molecule has 0 amide bonds. The SMILES string of the molecule is CC#CCN1CCCC(c2nc(C3=CN(c4cc(C(F)(F)F)ccn4)CC=C3)n3c(N)nccc23)C1. The molecule has 1 unspecified atom stereocenters. The highest BCUT2D eigenvalue weighted by Crippen LogP contribution is 2.34. The minimum absolute atomic E-state index is 0.206. The average Bonchev–Trinajstić information content (AvgIpc) is 3.28. The van der Waals surface area contributed by atoms with Crippen LogP contribution < -0.4 is 10.6 Å². The highest BCUT2D eigenvalue weighted by molar-refractivity contribution is 5.78. The average molecular weight is 494 g/mol. The largest absolute Gasteiger partial charge is 0.416 e. The molecule has 0 aliphatic carbocycles. The smallest absolute Gasteiger partial charge is 0.369 e. The first-order valence-electron chi connectivity index (χ1n) is 11.8. The van der Waals surface area contributed by atoms with Gasteiger partial charge < -0.3 is 10.6 Å². The summed E-state index contributed by atoms with van der Waals surface area (Å²) in [6.45, 7) is 4.80. The molecule has 0 aromatic carbocycles. The van der Waals surface area contributed by atoms with Crippen molar-refractivity contribution in [2.24, 2.45) is 0 Å². The van der Waals surface area contributed by atoms with Crippen LogP contribution in [0.4, 0.5) is 24.9 Å². The number of pyridine rings is 1. The fraction of sp³-hybridized carbons (Fsp3) is 0.346. The maximum absolute atomic E-state index is 13.3. The molecule has 10 heteroatoms. The second-order valence-corrected chi connectivity index (χ2v) is 8.89. The number of aromatic nitrogens is 4. The molecule has 186 valence electrons. The van der Waals surface area contributed by atoms with E-state index in [0.717, 1.165) is 55.8 Å². The number of allylic oxidation sites excluding steroid dienone is 2. The van der Waals surface area contributed by atoms with Gasteiger partial charge in [0.15, 0.2) is 0 Å². The molecule has 0 bridgehead atoms. The second kappa shape index (κ2) is 9.66. The highest BCUT2D eigenvalue weighted by Gasteiger charge is 2.31. The van der Waals surface area contributed by atoms with Crippen molar-refractivity contribution in [2.75, 3.05) is 36.8 Å². The molecule has 1 atom stereocenters. The van der Waals surface area contributed by atoms with Crippen LogP contribution in [0.3, 0.4) is 0 Å². The lowest BCUT2D eigenvalue weighted by Crippen LogP contribution is -2.34. The fourth-order valence-electron chi connectivity index (χ4n) is 4.79. The van der Waals surface area contributed by atoms with Crippen LogP contribution >= 0.6 is 0 Å². The zero-order valence-electron chi connectivity index (χ0n) is 19.8. The van der Waals surface area contributed by atoms with Gasteiger partial charge in [0.05, 0.1) is 23.3 Å². The second-order valence-electron chi connectivity index (χ2n) is 8.89. The van der Waals surface area contributed by atoms with Gasteiger partial charge in [-0.25, -0.2) is 15.0 Å². The van der Waals surface area contributed by atoms with Gasteiger partial charge in [0, 0.05) is 43.2 Å². The molecule has 0 radical (unpaired) electrons. The van der Waals surface area contributed by atoms with E-state index in [-0.39, 0.29) is 11.7 Å². The summed E-state index contributed by atoms with van der Waals surface area (Å²) in [6, 6.07) is 3.93. The van der Waals surface area contributed by atoms with E-state index in [9.17, 15) is 13.2 Å². The number of anilines is 2. The van der Waals surface area contributed by atoms with E-state index in [1.807, 2.05) is 29.5 Å².